The Morgan fingerprint density at radius 3 is 2.48 bits per heavy atom. The highest BCUT2D eigenvalue weighted by Gasteiger charge is 2.56. The molecule has 3 aliphatic rings. The molecule has 3 atom stereocenters. The first-order valence-corrected chi connectivity index (χ1v) is 15.7. The van der Waals surface area contributed by atoms with E-state index in [1.165, 1.54) is 31.0 Å². The normalized spacial score (nSPS) is 21.1. The zero-order valence-corrected chi connectivity index (χ0v) is 25.5. The fourth-order valence-corrected chi connectivity index (χ4v) is 8.15. The summed E-state index contributed by atoms with van der Waals surface area (Å²) < 4.78 is 21.8. The molecule has 12 nitrogen and oxygen atoms in total. The maximum absolute atomic E-state index is 14.0. The van der Waals surface area contributed by atoms with Crippen LogP contribution in [0.15, 0.2) is 52.3 Å². The third-order valence-electron chi connectivity index (χ3n) is 7.72. The van der Waals surface area contributed by atoms with Crippen molar-refractivity contribution >= 4 is 52.5 Å². The molecule has 3 unspecified atom stereocenters. The smallest absolute Gasteiger partial charge is 0.338 e. The number of morpholine rings is 1. The van der Waals surface area contributed by atoms with Crippen molar-refractivity contribution in [2.24, 2.45) is 5.92 Å². The van der Waals surface area contributed by atoms with Gasteiger partial charge < -0.3 is 28.8 Å². The summed E-state index contributed by atoms with van der Waals surface area (Å²) in [6.07, 6.45) is 0. The molecule has 1 aromatic heterocycles. The van der Waals surface area contributed by atoms with Crippen LogP contribution < -0.4 is 19.2 Å². The van der Waals surface area contributed by atoms with Gasteiger partial charge in [-0.1, -0.05) is 29.2 Å². The number of nitrogens with one attached hydrogen (secondary N) is 1. The number of carbonyl (C=O) groups excluding carboxylic acids is 4. The van der Waals surface area contributed by atoms with Crippen LogP contribution >= 0.6 is 23.1 Å². The number of imide groups is 1. The first-order chi connectivity index (χ1) is 21.3. The number of thiazole rings is 1. The second kappa shape index (κ2) is 12.5. The number of esters is 1. The van der Waals surface area contributed by atoms with Gasteiger partial charge in [-0.05, 0) is 48.9 Å². The van der Waals surface area contributed by atoms with E-state index in [0.29, 0.717) is 64.5 Å². The molecule has 0 bridgehead atoms. The van der Waals surface area contributed by atoms with Crippen LogP contribution in [0, 0.1) is 5.92 Å². The number of H-pyrrole nitrogens is 1. The number of carbonyl (C=O) groups is 4. The SMILES string of the molecule is CCOC(=O)c1ccc(N2C(=O)C3Sc4[nH]c(=O)sc4C(c4ccc(OCC(=O)N5CCOCC5)c(OC)c4)C3C2=O)cc1. The second-order valence-corrected chi connectivity index (χ2v) is 12.4. The van der Waals surface area contributed by atoms with E-state index in [-0.39, 0.29) is 24.0 Å². The molecule has 0 spiro atoms. The number of thioether (sulfide) groups is 1. The van der Waals surface area contributed by atoms with Crippen molar-refractivity contribution in [1.29, 1.82) is 0 Å². The molecular weight excluding hydrogens is 610 g/mol. The maximum atomic E-state index is 14.0. The first kappa shape index (κ1) is 29.9. The first-order valence-electron chi connectivity index (χ1n) is 14.0. The number of ether oxygens (including phenoxy) is 4. The predicted octanol–water partition coefficient (Wildman–Crippen LogP) is 2.66. The standard InChI is InChI=1S/C30H29N3O9S2/c1-3-41-29(37)16-4-7-18(8-5-16)33-27(35)23-22(24-26(31-30(38)44-24)43-25(23)28(33)36)17-6-9-19(20(14-17)39-2)42-15-21(34)32-10-12-40-13-11-32/h4-9,14,22-23,25H,3,10-13,15H2,1-2H3,(H,31,38). The molecule has 2 aromatic carbocycles. The van der Waals surface area contributed by atoms with Gasteiger partial charge in [0.05, 0.1) is 49.1 Å². The van der Waals surface area contributed by atoms with Gasteiger partial charge in [-0.2, -0.15) is 0 Å². The van der Waals surface area contributed by atoms with Crippen LogP contribution in [0.25, 0.3) is 0 Å². The summed E-state index contributed by atoms with van der Waals surface area (Å²) in [6.45, 7) is 3.72. The Morgan fingerprint density at radius 1 is 1.02 bits per heavy atom. The van der Waals surface area contributed by atoms with Gasteiger partial charge in [0.25, 0.3) is 5.91 Å². The summed E-state index contributed by atoms with van der Waals surface area (Å²) in [5.41, 5.74) is 1.30. The van der Waals surface area contributed by atoms with E-state index in [0.717, 1.165) is 16.2 Å². The van der Waals surface area contributed by atoms with Crippen molar-refractivity contribution in [3.63, 3.8) is 0 Å². The van der Waals surface area contributed by atoms with E-state index in [4.69, 9.17) is 18.9 Å². The van der Waals surface area contributed by atoms with E-state index < -0.39 is 34.9 Å². The Kier molecular flexibility index (Phi) is 8.47. The van der Waals surface area contributed by atoms with Crippen LogP contribution in [0.3, 0.4) is 0 Å². The van der Waals surface area contributed by atoms with Gasteiger partial charge in [-0.15, -0.1) is 0 Å². The molecule has 3 aromatic rings. The molecule has 0 radical (unpaired) electrons. The highest BCUT2D eigenvalue weighted by atomic mass is 32.2. The summed E-state index contributed by atoms with van der Waals surface area (Å²) in [6, 6.07) is 11.3. The summed E-state index contributed by atoms with van der Waals surface area (Å²) in [7, 11) is 1.47. The van der Waals surface area contributed by atoms with Crippen LogP contribution in [-0.2, 0) is 23.9 Å². The van der Waals surface area contributed by atoms with Crippen molar-refractivity contribution in [1.82, 2.24) is 9.88 Å². The lowest BCUT2D eigenvalue weighted by Gasteiger charge is -2.30. The van der Waals surface area contributed by atoms with E-state index in [1.54, 1.807) is 42.2 Å². The molecule has 2 saturated heterocycles. The topological polar surface area (TPSA) is 145 Å². The average Bonchev–Trinajstić information content (AvgIpc) is 3.54. The second-order valence-electron chi connectivity index (χ2n) is 10.2. The summed E-state index contributed by atoms with van der Waals surface area (Å²) in [4.78, 5) is 70.9. The number of aromatic amines is 1. The largest absolute Gasteiger partial charge is 0.493 e. The fraction of sp³-hybridized carbons (Fsp3) is 0.367. The van der Waals surface area contributed by atoms with Crippen molar-refractivity contribution in [2.45, 2.75) is 23.1 Å². The molecule has 0 saturated carbocycles. The number of methoxy groups -OCH3 is 1. The van der Waals surface area contributed by atoms with Crippen LogP contribution in [0.5, 0.6) is 11.5 Å². The molecule has 4 heterocycles. The van der Waals surface area contributed by atoms with Crippen molar-refractivity contribution in [3.8, 4) is 11.5 Å². The Hall–Kier alpha value is -4.14. The number of benzene rings is 2. The van der Waals surface area contributed by atoms with Gasteiger partial charge in [0.2, 0.25) is 11.8 Å². The van der Waals surface area contributed by atoms with Crippen molar-refractivity contribution in [3.05, 3.63) is 68.1 Å². The lowest BCUT2D eigenvalue weighted by atomic mass is 9.83. The van der Waals surface area contributed by atoms with Crippen LogP contribution in [0.1, 0.15) is 33.6 Å². The zero-order valence-electron chi connectivity index (χ0n) is 23.9. The van der Waals surface area contributed by atoms with Gasteiger partial charge in [0.1, 0.15) is 5.25 Å². The number of rotatable bonds is 8. The van der Waals surface area contributed by atoms with Gasteiger partial charge in [0, 0.05) is 23.9 Å². The quantitative estimate of drug-likeness (QED) is 0.289. The predicted molar refractivity (Wildman–Crippen MR) is 161 cm³/mol. The minimum Gasteiger partial charge on any atom is -0.493 e. The minimum atomic E-state index is -0.810. The number of fused-ring (bicyclic) bond motifs is 2. The summed E-state index contributed by atoms with van der Waals surface area (Å²) in [5, 5.41) is -0.245. The van der Waals surface area contributed by atoms with E-state index >= 15 is 0 Å². The average molecular weight is 640 g/mol. The molecule has 6 rings (SSSR count). The van der Waals surface area contributed by atoms with Crippen LogP contribution in [-0.4, -0.2) is 85.5 Å². The third-order valence-corrected chi connectivity index (χ3v) is 10.1. The number of hydrogen-bond donors (Lipinski definition) is 1. The molecule has 0 aliphatic carbocycles. The van der Waals surface area contributed by atoms with Gasteiger partial charge in [0.15, 0.2) is 18.1 Å². The highest BCUT2D eigenvalue weighted by molar-refractivity contribution is 8.00. The number of nitrogens with zero attached hydrogens (tertiary/aromatic N) is 2. The Balaban J connectivity index is 1.30. The molecule has 14 heteroatoms. The lowest BCUT2D eigenvalue weighted by Crippen LogP contribution is -2.43. The molecule has 44 heavy (non-hydrogen) atoms. The molecule has 230 valence electrons. The van der Waals surface area contributed by atoms with E-state index in [2.05, 4.69) is 4.98 Å². The lowest BCUT2D eigenvalue weighted by molar-refractivity contribution is -0.137. The fourth-order valence-electron chi connectivity index (χ4n) is 5.63. The third kappa shape index (κ3) is 5.48. The molecule has 3 amide bonds. The Morgan fingerprint density at radius 2 is 1.77 bits per heavy atom. The molecule has 2 fully saturated rings. The van der Waals surface area contributed by atoms with Crippen molar-refractivity contribution < 1.29 is 38.1 Å². The summed E-state index contributed by atoms with van der Waals surface area (Å²) in [5.74, 6) is -2.23. The number of aromatic nitrogens is 1. The van der Waals surface area contributed by atoms with Crippen LogP contribution in [0.2, 0.25) is 0 Å². The van der Waals surface area contributed by atoms with E-state index in [1.807, 2.05) is 0 Å². The number of amides is 3. The number of anilines is 1. The minimum absolute atomic E-state index is 0.168. The van der Waals surface area contributed by atoms with Gasteiger partial charge in [-0.3, -0.25) is 19.2 Å². The van der Waals surface area contributed by atoms with Gasteiger partial charge >= 0.3 is 10.8 Å². The number of hydrogen-bond acceptors (Lipinski definition) is 11. The molecule has 1 N–H and O–H groups in total. The monoisotopic (exact) mass is 639 g/mol. The van der Waals surface area contributed by atoms with Gasteiger partial charge in [-0.25, -0.2) is 9.69 Å². The molecular formula is C30H29N3O9S2. The van der Waals surface area contributed by atoms with Crippen LogP contribution in [0.4, 0.5) is 5.69 Å². The van der Waals surface area contributed by atoms with Crippen molar-refractivity contribution in [2.75, 3.05) is 51.5 Å². The summed E-state index contributed by atoms with van der Waals surface area (Å²) >= 11 is 2.17. The Bertz CT molecular complexity index is 1660. The zero-order chi connectivity index (χ0) is 31.0. The van der Waals surface area contributed by atoms with E-state index in [9.17, 15) is 24.0 Å². The highest BCUT2D eigenvalue weighted by Crippen LogP contribution is 2.53. The maximum Gasteiger partial charge on any atom is 0.338 e. The Labute approximate surface area is 260 Å². The molecule has 3 aliphatic heterocycles.